The van der Waals surface area contributed by atoms with E-state index in [9.17, 15) is 9.90 Å². The first-order valence-corrected chi connectivity index (χ1v) is 7.00. The number of Topliss-reactive ketones (excluding diaryl/α,β-unsaturated/α-hetero) is 1. The Balaban J connectivity index is 2.54. The number of phenols is 1. The quantitative estimate of drug-likeness (QED) is 0.822. The van der Waals surface area contributed by atoms with Crippen molar-refractivity contribution in [3.8, 4) is 11.5 Å². The number of rotatable bonds is 2. The van der Waals surface area contributed by atoms with Crippen molar-refractivity contribution in [1.82, 2.24) is 0 Å². The van der Waals surface area contributed by atoms with Gasteiger partial charge in [-0.3, -0.25) is 4.79 Å². The molecule has 0 spiro atoms. The molecule has 1 N–H and O–H groups in total. The molecular formula is C11H10O3S2. The van der Waals surface area contributed by atoms with E-state index in [-0.39, 0.29) is 17.1 Å². The Kier molecular flexibility index (Phi) is 3.16. The standard InChI is InChI=1S/C11H10O3S2/c1-15-11(16-2)10-9(13)8-6(12)4-3-5-7(8)14-10/h3-5,12H,1-2H3. The predicted octanol–water partition coefficient (Wildman–Crippen LogP) is 2.86. The number of carbonyl (C=O) groups excluding carboxylic acids is 1. The van der Waals surface area contributed by atoms with E-state index in [0.29, 0.717) is 11.5 Å². The van der Waals surface area contributed by atoms with Gasteiger partial charge in [0.1, 0.15) is 17.1 Å². The summed E-state index contributed by atoms with van der Waals surface area (Å²) < 4.78 is 6.29. The van der Waals surface area contributed by atoms with Gasteiger partial charge in [0.15, 0.2) is 5.76 Å². The molecule has 1 aromatic rings. The highest BCUT2D eigenvalue weighted by Gasteiger charge is 2.32. The van der Waals surface area contributed by atoms with Gasteiger partial charge in [0.2, 0.25) is 5.78 Å². The molecule has 0 amide bonds. The van der Waals surface area contributed by atoms with Crippen molar-refractivity contribution in [2.45, 2.75) is 0 Å². The number of ether oxygens (including phenoxy) is 1. The molecule has 3 nitrogen and oxygen atoms in total. The van der Waals surface area contributed by atoms with Crippen LogP contribution in [0.1, 0.15) is 10.4 Å². The third-order valence-corrected chi connectivity index (χ3v) is 4.32. The van der Waals surface area contributed by atoms with E-state index < -0.39 is 0 Å². The van der Waals surface area contributed by atoms with Crippen LogP contribution in [-0.2, 0) is 0 Å². The van der Waals surface area contributed by atoms with Gasteiger partial charge >= 0.3 is 0 Å². The molecule has 1 aliphatic heterocycles. The van der Waals surface area contributed by atoms with Gasteiger partial charge in [0.25, 0.3) is 0 Å². The second-order valence-corrected chi connectivity index (χ2v) is 5.00. The SMILES string of the molecule is CSC(SC)=C1Oc2cccc(O)c2C1=O. The number of hydrogen-bond donors (Lipinski definition) is 1. The number of phenolic OH excluding ortho intramolecular Hbond substituents is 1. The smallest absolute Gasteiger partial charge is 0.237 e. The summed E-state index contributed by atoms with van der Waals surface area (Å²) in [5.41, 5.74) is 0.262. The van der Waals surface area contributed by atoms with Crippen LogP contribution in [0.15, 0.2) is 28.2 Å². The molecule has 5 heteroatoms. The number of benzene rings is 1. The van der Waals surface area contributed by atoms with Crippen molar-refractivity contribution >= 4 is 29.3 Å². The van der Waals surface area contributed by atoms with Gasteiger partial charge < -0.3 is 9.84 Å². The first-order valence-electron chi connectivity index (χ1n) is 4.55. The fourth-order valence-electron chi connectivity index (χ4n) is 1.51. The largest absolute Gasteiger partial charge is 0.507 e. The van der Waals surface area contributed by atoms with Crippen LogP contribution in [0.5, 0.6) is 11.5 Å². The normalized spacial score (nSPS) is 13.6. The Morgan fingerprint density at radius 1 is 1.31 bits per heavy atom. The maximum Gasteiger partial charge on any atom is 0.237 e. The lowest BCUT2D eigenvalue weighted by Gasteiger charge is -2.03. The molecule has 0 saturated heterocycles. The molecule has 1 heterocycles. The van der Waals surface area contributed by atoms with Crippen LogP contribution >= 0.6 is 23.5 Å². The minimum Gasteiger partial charge on any atom is -0.507 e. The lowest BCUT2D eigenvalue weighted by atomic mass is 10.1. The molecule has 0 bridgehead atoms. The molecule has 0 unspecified atom stereocenters. The summed E-state index contributed by atoms with van der Waals surface area (Å²) in [6.45, 7) is 0. The summed E-state index contributed by atoms with van der Waals surface area (Å²) in [6, 6.07) is 4.82. The number of thioether (sulfide) groups is 2. The third-order valence-electron chi connectivity index (χ3n) is 2.21. The highest BCUT2D eigenvalue weighted by molar-refractivity contribution is 8.21. The predicted molar refractivity (Wildman–Crippen MR) is 67.1 cm³/mol. The average Bonchev–Trinajstić information content (AvgIpc) is 2.60. The van der Waals surface area contributed by atoms with Crippen molar-refractivity contribution in [3.63, 3.8) is 0 Å². The summed E-state index contributed by atoms with van der Waals surface area (Å²) in [4.78, 5) is 12.0. The van der Waals surface area contributed by atoms with E-state index >= 15 is 0 Å². The second-order valence-electron chi connectivity index (χ2n) is 3.11. The molecule has 1 aromatic carbocycles. The monoisotopic (exact) mass is 254 g/mol. The van der Waals surface area contributed by atoms with Crippen LogP contribution in [0.4, 0.5) is 0 Å². The number of hydrogen-bond acceptors (Lipinski definition) is 5. The molecule has 16 heavy (non-hydrogen) atoms. The Hall–Kier alpha value is -1.07. The zero-order chi connectivity index (χ0) is 11.7. The topological polar surface area (TPSA) is 46.5 Å². The van der Waals surface area contributed by atoms with Crippen LogP contribution < -0.4 is 4.74 Å². The van der Waals surface area contributed by atoms with Crippen molar-refractivity contribution in [2.75, 3.05) is 12.5 Å². The summed E-state index contributed by atoms with van der Waals surface area (Å²) in [5.74, 6) is 0.475. The summed E-state index contributed by atoms with van der Waals surface area (Å²) >= 11 is 2.93. The van der Waals surface area contributed by atoms with Crippen LogP contribution in [0, 0.1) is 0 Å². The average molecular weight is 254 g/mol. The van der Waals surface area contributed by atoms with Gasteiger partial charge in [-0.2, -0.15) is 0 Å². The van der Waals surface area contributed by atoms with Gasteiger partial charge in [0.05, 0.1) is 4.24 Å². The van der Waals surface area contributed by atoms with E-state index in [2.05, 4.69) is 0 Å². The van der Waals surface area contributed by atoms with E-state index in [1.165, 1.54) is 29.6 Å². The molecule has 2 rings (SSSR count). The van der Waals surface area contributed by atoms with Gasteiger partial charge in [-0.05, 0) is 24.6 Å². The lowest BCUT2D eigenvalue weighted by Crippen LogP contribution is -2.00. The van der Waals surface area contributed by atoms with E-state index in [0.717, 1.165) is 4.24 Å². The Bertz CT molecular complexity index is 474. The minimum atomic E-state index is -0.244. The number of carbonyl (C=O) groups is 1. The van der Waals surface area contributed by atoms with Gasteiger partial charge in [-0.25, -0.2) is 0 Å². The first-order chi connectivity index (χ1) is 7.69. The summed E-state index contributed by atoms with van der Waals surface area (Å²) in [7, 11) is 0. The zero-order valence-electron chi connectivity index (χ0n) is 8.81. The van der Waals surface area contributed by atoms with Crippen LogP contribution in [0.25, 0.3) is 0 Å². The van der Waals surface area contributed by atoms with Crippen molar-refractivity contribution in [3.05, 3.63) is 33.8 Å². The molecule has 0 aliphatic carbocycles. The number of ketones is 1. The lowest BCUT2D eigenvalue weighted by molar-refractivity contribution is 0.101. The van der Waals surface area contributed by atoms with Gasteiger partial charge in [-0.1, -0.05) is 6.07 Å². The molecule has 1 aliphatic rings. The van der Waals surface area contributed by atoms with Crippen LogP contribution in [0.3, 0.4) is 0 Å². The Labute approximate surface area is 102 Å². The fourth-order valence-corrected chi connectivity index (χ4v) is 2.81. The van der Waals surface area contributed by atoms with Crippen LogP contribution in [-0.4, -0.2) is 23.4 Å². The number of aromatic hydroxyl groups is 1. The maximum atomic E-state index is 12.0. The van der Waals surface area contributed by atoms with Gasteiger partial charge in [0, 0.05) is 0 Å². The Morgan fingerprint density at radius 3 is 2.56 bits per heavy atom. The highest BCUT2D eigenvalue weighted by atomic mass is 32.2. The van der Waals surface area contributed by atoms with E-state index in [4.69, 9.17) is 4.74 Å². The van der Waals surface area contributed by atoms with E-state index in [1.54, 1.807) is 12.1 Å². The second kappa shape index (κ2) is 4.43. The molecule has 0 atom stereocenters. The molecule has 0 radical (unpaired) electrons. The van der Waals surface area contributed by atoms with Crippen molar-refractivity contribution in [1.29, 1.82) is 0 Å². The molecule has 0 saturated carbocycles. The van der Waals surface area contributed by atoms with Crippen molar-refractivity contribution in [2.24, 2.45) is 0 Å². The maximum absolute atomic E-state index is 12.0. The Morgan fingerprint density at radius 2 is 2.00 bits per heavy atom. The molecular weight excluding hydrogens is 244 g/mol. The van der Waals surface area contributed by atoms with Crippen LogP contribution in [0.2, 0.25) is 0 Å². The molecule has 0 aromatic heterocycles. The first kappa shape index (κ1) is 11.4. The fraction of sp³-hybridized carbons (Fsp3) is 0.182. The third kappa shape index (κ3) is 1.70. The number of fused-ring (bicyclic) bond motifs is 1. The zero-order valence-corrected chi connectivity index (χ0v) is 10.4. The molecule has 84 valence electrons. The molecule has 0 fully saturated rings. The minimum absolute atomic E-state index is 0.0287. The van der Waals surface area contributed by atoms with E-state index in [1.807, 2.05) is 12.5 Å². The van der Waals surface area contributed by atoms with Gasteiger partial charge in [-0.15, -0.1) is 23.5 Å². The summed E-state index contributed by atoms with van der Waals surface area (Å²) in [5, 5.41) is 9.61. The summed E-state index contributed by atoms with van der Waals surface area (Å²) in [6.07, 6.45) is 3.77. The number of allylic oxidation sites excluding steroid dienone is 1. The highest BCUT2D eigenvalue weighted by Crippen LogP contribution is 2.41. The van der Waals surface area contributed by atoms with Crippen molar-refractivity contribution < 1.29 is 14.6 Å².